The largest absolute Gasteiger partial charge is 0.316 e. The van der Waals surface area contributed by atoms with Crippen molar-refractivity contribution in [3.05, 3.63) is 0 Å². The molecule has 0 aliphatic heterocycles. The monoisotopic (exact) mass is 252 g/mol. The summed E-state index contributed by atoms with van der Waals surface area (Å²) >= 11 is 0. The highest BCUT2D eigenvalue weighted by atomic mass is 15.2. The van der Waals surface area contributed by atoms with Gasteiger partial charge in [-0.15, -0.1) is 0 Å². The smallest absolute Gasteiger partial charge is 0.00966 e. The topological polar surface area (TPSA) is 15.3 Å². The fraction of sp³-hybridized carbons (Fsp3) is 1.00. The van der Waals surface area contributed by atoms with Gasteiger partial charge in [0.05, 0.1) is 0 Å². The van der Waals surface area contributed by atoms with Crippen LogP contribution in [0.25, 0.3) is 0 Å². The van der Waals surface area contributed by atoms with E-state index in [0.29, 0.717) is 5.41 Å². The van der Waals surface area contributed by atoms with Crippen molar-refractivity contribution in [2.24, 2.45) is 5.41 Å². The second-order valence-corrected chi connectivity index (χ2v) is 6.54. The molecule has 2 aliphatic rings. The summed E-state index contributed by atoms with van der Waals surface area (Å²) in [7, 11) is 0. The SMILES string of the molecule is CCCN(CC1(CNCC)CCCCC1)C1CC1. The normalized spacial score (nSPS) is 23.5. The number of nitrogens with zero attached hydrogens (tertiary/aromatic N) is 1. The first kappa shape index (κ1) is 14.3. The van der Waals surface area contributed by atoms with Crippen molar-refractivity contribution in [2.45, 2.75) is 71.3 Å². The van der Waals surface area contributed by atoms with Gasteiger partial charge in [-0.3, -0.25) is 4.90 Å². The standard InChI is InChI=1S/C16H32N2/c1-3-12-18(15-8-9-15)14-16(13-17-4-2)10-6-5-7-11-16/h15,17H,3-14H2,1-2H3. The van der Waals surface area contributed by atoms with E-state index in [0.717, 1.165) is 12.6 Å². The van der Waals surface area contributed by atoms with Crippen LogP contribution in [0, 0.1) is 5.41 Å². The van der Waals surface area contributed by atoms with Gasteiger partial charge in [0, 0.05) is 19.1 Å². The molecule has 0 atom stereocenters. The molecule has 0 unspecified atom stereocenters. The second-order valence-electron chi connectivity index (χ2n) is 6.54. The van der Waals surface area contributed by atoms with Gasteiger partial charge in [-0.1, -0.05) is 33.1 Å². The van der Waals surface area contributed by atoms with Crippen LogP contribution >= 0.6 is 0 Å². The van der Waals surface area contributed by atoms with Crippen LogP contribution in [-0.4, -0.2) is 37.1 Å². The van der Waals surface area contributed by atoms with E-state index in [9.17, 15) is 0 Å². The molecule has 0 aromatic heterocycles. The summed E-state index contributed by atoms with van der Waals surface area (Å²) in [5.41, 5.74) is 0.589. The van der Waals surface area contributed by atoms with Crippen LogP contribution in [0.15, 0.2) is 0 Å². The van der Waals surface area contributed by atoms with Crippen LogP contribution in [0.5, 0.6) is 0 Å². The van der Waals surface area contributed by atoms with Gasteiger partial charge in [-0.2, -0.15) is 0 Å². The number of hydrogen-bond acceptors (Lipinski definition) is 2. The highest BCUT2D eigenvalue weighted by Crippen LogP contribution is 2.39. The molecule has 0 aromatic carbocycles. The van der Waals surface area contributed by atoms with Gasteiger partial charge < -0.3 is 5.32 Å². The maximum absolute atomic E-state index is 3.64. The molecule has 2 saturated carbocycles. The third-order valence-corrected chi connectivity index (χ3v) is 4.78. The van der Waals surface area contributed by atoms with E-state index < -0.39 is 0 Å². The fourth-order valence-electron chi connectivity index (χ4n) is 3.63. The molecule has 0 radical (unpaired) electrons. The van der Waals surface area contributed by atoms with Crippen molar-refractivity contribution in [3.8, 4) is 0 Å². The zero-order valence-electron chi connectivity index (χ0n) is 12.5. The van der Waals surface area contributed by atoms with E-state index in [1.807, 2.05) is 0 Å². The molecule has 106 valence electrons. The Morgan fingerprint density at radius 3 is 2.39 bits per heavy atom. The fourth-order valence-corrected chi connectivity index (χ4v) is 3.63. The Hall–Kier alpha value is -0.0800. The Balaban J connectivity index is 1.93. The number of nitrogens with one attached hydrogen (secondary N) is 1. The van der Waals surface area contributed by atoms with Gasteiger partial charge in [0.15, 0.2) is 0 Å². The number of rotatable bonds is 8. The molecule has 2 fully saturated rings. The van der Waals surface area contributed by atoms with Gasteiger partial charge in [0.2, 0.25) is 0 Å². The molecule has 2 nitrogen and oxygen atoms in total. The van der Waals surface area contributed by atoms with E-state index in [2.05, 4.69) is 24.1 Å². The van der Waals surface area contributed by atoms with Gasteiger partial charge in [0.25, 0.3) is 0 Å². The van der Waals surface area contributed by atoms with Gasteiger partial charge in [-0.05, 0) is 50.6 Å². The molecule has 0 heterocycles. The molecule has 0 bridgehead atoms. The predicted octanol–water partition coefficient (Wildman–Crippen LogP) is 3.42. The Kier molecular flexibility index (Phi) is 5.50. The molecule has 0 saturated heterocycles. The van der Waals surface area contributed by atoms with Gasteiger partial charge in [-0.25, -0.2) is 0 Å². The molecule has 2 heteroatoms. The lowest BCUT2D eigenvalue weighted by molar-refractivity contribution is 0.0976. The highest BCUT2D eigenvalue weighted by molar-refractivity contribution is 4.92. The van der Waals surface area contributed by atoms with E-state index >= 15 is 0 Å². The summed E-state index contributed by atoms with van der Waals surface area (Å²) in [4.78, 5) is 2.81. The molecule has 0 aromatic rings. The third-order valence-electron chi connectivity index (χ3n) is 4.78. The van der Waals surface area contributed by atoms with E-state index in [1.54, 1.807) is 0 Å². The second kappa shape index (κ2) is 6.91. The minimum absolute atomic E-state index is 0.589. The summed E-state index contributed by atoms with van der Waals surface area (Å²) in [5, 5.41) is 3.64. The first-order valence-electron chi connectivity index (χ1n) is 8.24. The Morgan fingerprint density at radius 1 is 1.11 bits per heavy atom. The minimum Gasteiger partial charge on any atom is -0.316 e. The molecular weight excluding hydrogens is 220 g/mol. The van der Waals surface area contributed by atoms with Crippen LogP contribution in [0.4, 0.5) is 0 Å². The molecule has 18 heavy (non-hydrogen) atoms. The molecule has 1 N–H and O–H groups in total. The third kappa shape index (κ3) is 3.96. The van der Waals surface area contributed by atoms with Crippen molar-refractivity contribution >= 4 is 0 Å². The lowest BCUT2D eigenvalue weighted by Gasteiger charge is -2.41. The van der Waals surface area contributed by atoms with Crippen molar-refractivity contribution < 1.29 is 0 Å². The first-order valence-corrected chi connectivity index (χ1v) is 8.24. The van der Waals surface area contributed by atoms with Gasteiger partial charge in [0.1, 0.15) is 0 Å². The van der Waals surface area contributed by atoms with Crippen molar-refractivity contribution in [1.82, 2.24) is 10.2 Å². The molecule has 0 spiro atoms. The van der Waals surface area contributed by atoms with E-state index in [-0.39, 0.29) is 0 Å². The van der Waals surface area contributed by atoms with Crippen LogP contribution < -0.4 is 5.32 Å². The molecular formula is C16H32N2. The lowest BCUT2D eigenvalue weighted by atomic mass is 9.73. The Bertz CT molecular complexity index is 229. The van der Waals surface area contributed by atoms with E-state index in [4.69, 9.17) is 0 Å². The molecule has 2 aliphatic carbocycles. The van der Waals surface area contributed by atoms with Crippen LogP contribution in [0.1, 0.15) is 65.2 Å². The van der Waals surface area contributed by atoms with Crippen molar-refractivity contribution in [2.75, 3.05) is 26.2 Å². The summed E-state index contributed by atoms with van der Waals surface area (Å²) in [5.74, 6) is 0. The molecule has 0 amide bonds. The molecule has 2 rings (SSSR count). The summed E-state index contributed by atoms with van der Waals surface area (Å²) < 4.78 is 0. The summed E-state index contributed by atoms with van der Waals surface area (Å²) in [6, 6.07) is 0.936. The van der Waals surface area contributed by atoms with Crippen molar-refractivity contribution in [1.29, 1.82) is 0 Å². The maximum Gasteiger partial charge on any atom is 0.00966 e. The van der Waals surface area contributed by atoms with Crippen LogP contribution in [-0.2, 0) is 0 Å². The zero-order chi connectivity index (χ0) is 12.8. The Labute approximate surface area is 114 Å². The lowest BCUT2D eigenvalue weighted by Crippen LogP contribution is -2.46. The summed E-state index contributed by atoms with van der Waals surface area (Å²) in [6.07, 6.45) is 11.5. The first-order chi connectivity index (χ1) is 8.79. The minimum atomic E-state index is 0.589. The van der Waals surface area contributed by atoms with Crippen LogP contribution in [0.2, 0.25) is 0 Å². The number of hydrogen-bond donors (Lipinski definition) is 1. The highest BCUT2D eigenvalue weighted by Gasteiger charge is 2.37. The maximum atomic E-state index is 3.64. The summed E-state index contributed by atoms with van der Waals surface area (Å²) in [6.45, 7) is 9.61. The van der Waals surface area contributed by atoms with Crippen LogP contribution in [0.3, 0.4) is 0 Å². The Morgan fingerprint density at radius 2 is 1.83 bits per heavy atom. The average molecular weight is 252 g/mol. The van der Waals surface area contributed by atoms with E-state index in [1.165, 1.54) is 71.0 Å². The van der Waals surface area contributed by atoms with Crippen molar-refractivity contribution in [3.63, 3.8) is 0 Å². The predicted molar refractivity (Wildman–Crippen MR) is 78.9 cm³/mol. The van der Waals surface area contributed by atoms with Gasteiger partial charge >= 0.3 is 0 Å². The average Bonchev–Trinajstić information content (AvgIpc) is 3.22. The quantitative estimate of drug-likeness (QED) is 0.712. The zero-order valence-corrected chi connectivity index (χ0v) is 12.5.